The monoisotopic (exact) mass is 340 g/mol. The minimum absolute atomic E-state index is 0.184. The first kappa shape index (κ1) is 15.9. The summed E-state index contributed by atoms with van der Waals surface area (Å²) >= 11 is 13.5. The molecule has 2 N–H and O–H groups in total. The Balaban J connectivity index is 2.26. The highest BCUT2D eigenvalue weighted by Gasteiger charge is 2.18. The lowest BCUT2D eigenvalue weighted by molar-refractivity contribution is 0.0764. The van der Waals surface area contributed by atoms with Crippen LogP contribution < -0.4 is 5.73 Å². The van der Waals surface area contributed by atoms with Crippen molar-refractivity contribution < 1.29 is 4.79 Å². The van der Waals surface area contributed by atoms with Crippen LogP contribution in [0.25, 0.3) is 0 Å². The molecule has 1 aromatic carbocycles. The minimum Gasteiger partial charge on any atom is -0.399 e. The molecule has 0 fully saturated rings. The number of amides is 1. The third kappa shape index (κ3) is 4.00. The van der Waals surface area contributed by atoms with Crippen LogP contribution in [0.5, 0.6) is 0 Å². The van der Waals surface area contributed by atoms with E-state index in [9.17, 15) is 4.79 Å². The maximum Gasteiger partial charge on any atom is 0.256 e. The van der Waals surface area contributed by atoms with Crippen molar-refractivity contribution in [2.45, 2.75) is 6.54 Å². The fraction of sp³-hybridized carbons (Fsp3) is 0.133. The van der Waals surface area contributed by atoms with Crippen molar-refractivity contribution in [3.63, 3.8) is 0 Å². The van der Waals surface area contributed by atoms with Crippen molar-refractivity contribution in [1.82, 2.24) is 4.90 Å². The molecule has 0 aliphatic carbocycles. The molecule has 2 aromatic rings. The fourth-order valence-electron chi connectivity index (χ4n) is 1.88. The molecule has 0 unspecified atom stereocenters. The summed E-state index contributed by atoms with van der Waals surface area (Å²) in [6.07, 6.45) is 1.67. The van der Waals surface area contributed by atoms with Crippen molar-refractivity contribution >= 4 is 46.1 Å². The predicted molar refractivity (Wildman–Crippen MR) is 90.1 cm³/mol. The molecular formula is C15H14Cl2N2OS. The molecule has 0 aliphatic heterocycles. The van der Waals surface area contributed by atoms with Crippen LogP contribution in [0.15, 0.2) is 43.0 Å². The molecule has 0 radical (unpaired) electrons. The Hall–Kier alpha value is -1.49. The van der Waals surface area contributed by atoms with Gasteiger partial charge in [-0.25, -0.2) is 0 Å². The molecule has 110 valence electrons. The zero-order valence-corrected chi connectivity index (χ0v) is 13.5. The van der Waals surface area contributed by atoms with Crippen molar-refractivity contribution in [3.8, 4) is 0 Å². The molecule has 6 heteroatoms. The van der Waals surface area contributed by atoms with Gasteiger partial charge in [-0.2, -0.15) is 0 Å². The van der Waals surface area contributed by atoms with Crippen LogP contribution in [0.4, 0.5) is 5.69 Å². The van der Waals surface area contributed by atoms with E-state index >= 15 is 0 Å². The molecule has 3 nitrogen and oxygen atoms in total. The zero-order valence-electron chi connectivity index (χ0n) is 11.2. The van der Waals surface area contributed by atoms with Gasteiger partial charge in [0.05, 0.1) is 21.5 Å². The van der Waals surface area contributed by atoms with E-state index in [1.807, 2.05) is 12.1 Å². The van der Waals surface area contributed by atoms with E-state index in [-0.39, 0.29) is 5.91 Å². The highest BCUT2D eigenvalue weighted by molar-refractivity contribution is 7.16. The number of hydrogen-bond donors (Lipinski definition) is 1. The largest absolute Gasteiger partial charge is 0.399 e. The Labute approximate surface area is 137 Å². The molecule has 0 saturated carbocycles. The van der Waals surface area contributed by atoms with Gasteiger partial charge in [0, 0.05) is 17.1 Å². The van der Waals surface area contributed by atoms with E-state index in [4.69, 9.17) is 28.9 Å². The van der Waals surface area contributed by atoms with Gasteiger partial charge < -0.3 is 10.6 Å². The number of carbonyl (C=O) groups excluding carboxylic acids is 1. The van der Waals surface area contributed by atoms with Crippen LogP contribution in [-0.2, 0) is 6.54 Å². The van der Waals surface area contributed by atoms with E-state index in [1.54, 1.807) is 29.2 Å². The summed E-state index contributed by atoms with van der Waals surface area (Å²) in [5.41, 5.74) is 6.62. The number of carbonyl (C=O) groups is 1. The van der Waals surface area contributed by atoms with Gasteiger partial charge in [-0.15, -0.1) is 17.9 Å². The Morgan fingerprint density at radius 1 is 1.33 bits per heavy atom. The standard InChI is InChI=1S/C15H14Cl2N2OS/c1-2-7-19(9-11-4-6-14(17)21-11)15(20)12-8-10(18)3-5-13(12)16/h2-6,8H,1,7,9,18H2. The topological polar surface area (TPSA) is 46.3 Å². The quantitative estimate of drug-likeness (QED) is 0.644. The van der Waals surface area contributed by atoms with Gasteiger partial charge in [0.1, 0.15) is 0 Å². The van der Waals surface area contributed by atoms with Crippen LogP contribution in [0.2, 0.25) is 9.36 Å². The molecule has 21 heavy (non-hydrogen) atoms. The van der Waals surface area contributed by atoms with Gasteiger partial charge in [0.25, 0.3) is 5.91 Å². The smallest absolute Gasteiger partial charge is 0.256 e. The number of benzene rings is 1. The summed E-state index contributed by atoms with van der Waals surface area (Å²) in [4.78, 5) is 15.3. The predicted octanol–water partition coefficient (Wildman–Crippen LogP) is 4.47. The first-order valence-corrected chi connectivity index (χ1v) is 7.78. The van der Waals surface area contributed by atoms with Crippen molar-refractivity contribution in [1.29, 1.82) is 0 Å². The summed E-state index contributed by atoms with van der Waals surface area (Å²) < 4.78 is 0.693. The van der Waals surface area contributed by atoms with E-state index in [1.165, 1.54) is 11.3 Å². The Kier molecular flexibility index (Phi) is 5.28. The summed E-state index contributed by atoms with van der Waals surface area (Å²) in [6.45, 7) is 4.56. The van der Waals surface area contributed by atoms with Crippen molar-refractivity contribution in [2.75, 3.05) is 12.3 Å². The molecule has 2 rings (SSSR count). The summed E-state index contributed by atoms with van der Waals surface area (Å²) in [6, 6.07) is 8.58. The van der Waals surface area contributed by atoms with Gasteiger partial charge >= 0.3 is 0 Å². The van der Waals surface area contributed by atoms with Gasteiger partial charge in [-0.3, -0.25) is 4.79 Å². The number of nitrogens with zero attached hydrogens (tertiary/aromatic N) is 1. The average Bonchev–Trinajstić information content (AvgIpc) is 2.86. The van der Waals surface area contributed by atoms with Gasteiger partial charge in [0.2, 0.25) is 0 Å². The fourth-order valence-corrected chi connectivity index (χ4v) is 3.18. The van der Waals surface area contributed by atoms with Crippen molar-refractivity contribution in [3.05, 3.63) is 62.8 Å². The number of halogens is 2. The summed E-state index contributed by atoms with van der Waals surface area (Å²) in [5.74, 6) is -0.184. The van der Waals surface area contributed by atoms with Gasteiger partial charge in [0.15, 0.2) is 0 Å². The van der Waals surface area contributed by atoms with Gasteiger partial charge in [-0.1, -0.05) is 29.3 Å². The highest BCUT2D eigenvalue weighted by Crippen LogP contribution is 2.25. The summed E-state index contributed by atoms with van der Waals surface area (Å²) in [5, 5.41) is 0.382. The number of thiophene rings is 1. The second-order valence-electron chi connectivity index (χ2n) is 4.42. The lowest BCUT2D eigenvalue weighted by Crippen LogP contribution is -2.30. The molecule has 0 saturated heterocycles. The molecule has 0 atom stereocenters. The molecular weight excluding hydrogens is 327 g/mol. The molecule has 0 spiro atoms. The zero-order chi connectivity index (χ0) is 15.4. The third-order valence-corrected chi connectivity index (χ3v) is 4.38. The van der Waals surface area contributed by atoms with E-state index < -0.39 is 0 Å². The number of hydrogen-bond acceptors (Lipinski definition) is 3. The Morgan fingerprint density at radius 3 is 2.71 bits per heavy atom. The van der Waals surface area contributed by atoms with Crippen LogP contribution in [0.3, 0.4) is 0 Å². The first-order valence-electron chi connectivity index (χ1n) is 6.20. The number of nitrogens with two attached hydrogens (primary N) is 1. The van der Waals surface area contributed by atoms with Gasteiger partial charge in [-0.05, 0) is 30.3 Å². The number of anilines is 1. The second-order valence-corrected chi connectivity index (χ2v) is 6.63. The summed E-state index contributed by atoms with van der Waals surface area (Å²) in [7, 11) is 0. The Bertz CT molecular complexity index is 669. The lowest BCUT2D eigenvalue weighted by atomic mass is 10.1. The van der Waals surface area contributed by atoms with E-state index in [2.05, 4.69) is 6.58 Å². The maximum absolute atomic E-state index is 12.6. The molecule has 1 heterocycles. The van der Waals surface area contributed by atoms with E-state index in [0.29, 0.717) is 33.7 Å². The lowest BCUT2D eigenvalue weighted by Gasteiger charge is -2.21. The third-order valence-electron chi connectivity index (χ3n) is 2.83. The average molecular weight is 341 g/mol. The van der Waals surface area contributed by atoms with Crippen LogP contribution in [-0.4, -0.2) is 17.4 Å². The maximum atomic E-state index is 12.6. The highest BCUT2D eigenvalue weighted by atomic mass is 35.5. The second kappa shape index (κ2) is 6.98. The number of nitrogen functional groups attached to an aromatic ring is 1. The first-order chi connectivity index (χ1) is 10.0. The van der Waals surface area contributed by atoms with Crippen molar-refractivity contribution in [2.24, 2.45) is 0 Å². The van der Waals surface area contributed by atoms with Crippen LogP contribution in [0.1, 0.15) is 15.2 Å². The molecule has 0 bridgehead atoms. The number of rotatable bonds is 5. The normalized spacial score (nSPS) is 10.4. The SMILES string of the molecule is C=CCN(Cc1ccc(Cl)s1)C(=O)c1cc(N)ccc1Cl. The molecule has 1 amide bonds. The molecule has 0 aliphatic rings. The van der Waals surface area contributed by atoms with E-state index in [0.717, 1.165) is 4.88 Å². The molecule has 1 aromatic heterocycles. The minimum atomic E-state index is -0.184. The van der Waals surface area contributed by atoms with Crippen LogP contribution in [0, 0.1) is 0 Å². The van der Waals surface area contributed by atoms with Crippen LogP contribution >= 0.6 is 34.5 Å². The Morgan fingerprint density at radius 2 is 2.10 bits per heavy atom.